The highest BCUT2D eigenvalue weighted by Gasteiger charge is 2.10. The highest BCUT2D eigenvalue weighted by molar-refractivity contribution is 7.20. The van der Waals surface area contributed by atoms with Crippen LogP contribution < -0.4 is 5.32 Å². The summed E-state index contributed by atoms with van der Waals surface area (Å²) >= 11 is 1.28. The van der Waals surface area contributed by atoms with Gasteiger partial charge in [0.2, 0.25) is 0 Å². The van der Waals surface area contributed by atoms with E-state index in [1.165, 1.54) is 23.5 Å². The molecule has 1 aromatic carbocycles. The Labute approximate surface area is 112 Å². The van der Waals surface area contributed by atoms with Crippen molar-refractivity contribution in [2.45, 2.75) is 6.54 Å². The topological polar surface area (TPSA) is 57.8 Å². The van der Waals surface area contributed by atoms with Crippen molar-refractivity contribution in [1.29, 1.82) is 0 Å². The quantitative estimate of drug-likeness (QED) is 0.772. The van der Waals surface area contributed by atoms with Crippen LogP contribution in [-0.2, 0) is 6.54 Å². The fourth-order valence-corrected chi connectivity index (χ4v) is 2.76. The van der Waals surface area contributed by atoms with Crippen molar-refractivity contribution in [1.82, 2.24) is 15.5 Å². The first-order valence-corrected chi connectivity index (χ1v) is 6.49. The van der Waals surface area contributed by atoms with Crippen LogP contribution in [0.3, 0.4) is 0 Å². The van der Waals surface area contributed by atoms with E-state index in [1.54, 1.807) is 24.5 Å². The van der Waals surface area contributed by atoms with Crippen molar-refractivity contribution in [3.05, 3.63) is 52.9 Å². The van der Waals surface area contributed by atoms with Crippen LogP contribution in [0.15, 0.2) is 36.7 Å². The highest BCUT2D eigenvalue weighted by Crippen LogP contribution is 2.26. The van der Waals surface area contributed by atoms with Gasteiger partial charge in [-0.25, -0.2) is 4.39 Å². The summed E-state index contributed by atoms with van der Waals surface area (Å²) in [6, 6.07) is 6.27. The van der Waals surface area contributed by atoms with Crippen LogP contribution >= 0.6 is 11.3 Å². The van der Waals surface area contributed by atoms with Gasteiger partial charge in [-0.3, -0.25) is 9.89 Å². The van der Waals surface area contributed by atoms with Gasteiger partial charge in [-0.1, -0.05) is 6.07 Å². The minimum atomic E-state index is -0.292. The monoisotopic (exact) mass is 275 g/mol. The number of H-pyrrole nitrogens is 1. The van der Waals surface area contributed by atoms with E-state index in [9.17, 15) is 9.18 Å². The van der Waals surface area contributed by atoms with E-state index in [-0.39, 0.29) is 11.7 Å². The fraction of sp³-hybridized carbons (Fsp3) is 0.0769. The molecule has 1 amide bonds. The maximum Gasteiger partial charge on any atom is 0.261 e. The zero-order valence-electron chi connectivity index (χ0n) is 9.81. The zero-order chi connectivity index (χ0) is 13.2. The van der Waals surface area contributed by atoms with E-state index >= 15 is 0 Å². The number of aromatic amines is 1. The molecule has 0 unspecified atom stereocenters. The van der Waals surface area contributed by atoms with Gasteiger partial charge in [0.15, 0.2) is 0 Å². The minimum Gasteiger partial charge on any atom is -0.347 e. The van der Waals surface area contributed by atoms with Gasteiger partial charge in [0.1, 0.15) is 5.82 Å². The molecule has 2 N–H and O–H groups in total. The van der Waals surface area contributed by atoms with Crippen LogP contribution in [0.4, 0.5) is 4.39 Å². The number of carbonyl (C=O) groups is 1. The predicted molar refractivity (Wildman–Crippen MR) is 71.5 cm³/mol. The Morgan fingerprint density at radius 1 is 1.42 bits per heavy atom. The lowest BCUT2D eigenvalue weighted by Crippen LogP contribution is -2.21. The maximum absolute atomic E-state index is 13.1. The van der Waals surface area contributed by atoms with Gasteiger partial charge in [0.05, 0.1) is 11.1 Å². The Balaban J connectivity index is 1.77. The summed E-state index contributed by atoms with van der Waals surface area (Å²) in [5.41, 5.74) is 0.903. The van der Waals surface area contributed by atoms with E-state index < -0.39 is 0 Å². The van der Waals surface area contributed by atoms with E-state index in [4.69, 9.17) is 0 Å². The molecule has 2 aromatic heterocycles. The van der Waals surface area contributed by atoms with Crippen LogP contribution in [0.5, 0.6) is 0 Å². The molecule has 96 valence electrons. The number of aromatic nitrogens is 2. The molecule has 0 aliphatic heterocycles. The van der Waals surface area contributed by atoms with E-state index in [0.717, 1.165) is 15.6 Å². The molecule has 0 atom stereocenters. The molecule has 4 nitrogen and oxygen atoms in total. The van der Waals surface area contributed by atoms with Gasteiger partial charge < -0.3 is 5.32 Å². The number of nitrogens with one attached hydrogen (secondary N) is 2. The van der Waals surface area contributed by atoms with Crippen LogP contribution in [0.1, 0.15) is 15.2 Å². The normalized spacial score (nSPS) is 10.8. The lowest BCUT2D eigenvalue weighted by molar-refractivity contribution is 0.0955. The molecule has 3 aromatic rings. The van der Waals surface area contributed by atoms with Gasteiger partial charge in [-0.15, -0.1) is 11.3 Å². The van der Waals surface area contributed by atoms with Crippen LogP contribution in [0.25, 0.3) is 10.1 Å². The van der Waals surface area contributed by atoms with Crippen LogP contribution in [0, 0.1) is 5.82 Å². The Bertz CT molecular complexity index is 721. The number of amides is 1. The summed E-state index contributed by atoms with van der Waals surface area (Å²) in [6.45, 7) is 0.415. The third-order valence-corrected chi connectivity index (χ3v) is 3.81. The number of nitrogens with zero attached hydrogens (tertiary/aromatic N) is 1. The van der Waals surface area contributed by atoms with E-state index in [0.29, 0.717) is 11.4 Å². The summed E-state index contributed by atoms with van der Waals surface area (Å²) in [7, 11) is 0. The van der Waals surface area contributed by atoms with E-state index in [1.807, 2.05) is 0 Å². The first kappa shape index (κ1) is 11.9. The molecular formula is C13H10FN3OS. The van der Waals surface area contributed by atoms with Gasteiger partial charge in [0, 0.05) is 23.0 Å². The lowest BCUT2D eigenvalue weighted by Gasteiger charge is -1.99. The first-order valence-electron chi connectivity index (χ1n) is 5.67. The molecule has 0 spiro atoms. The standard InChI is InChI=1S/C13H10FN3OS/c14-10-2-1-9-3-12(19-11(9)4-10)13(18)15-5-8-6-16-17-7-8/h1-4,6-7H,5H2,(H,15,18)(H,16,17). The Morgan fingerprint density at radius 2 is 2.32 bits per heavy atom. The van der Waals surface area contributed by atoms with Gasteiger partial charge in [-0.05, 0) is 23.6 Å². The summed E-state index contributed by atoms with van der Waals surface area (Å²) in [6.07, 6.45) is 3.38. The number of hydrogen-bond donors (Lipinski definition) is 2. The number of thiophene rings is 1. The molecule has 0 saturated carbocycles. The van der Waals surface area contributed by atoms with Crippen molar-refractivity contribution in [2.75, 3.05) is 0 Å². The Hall–Kier alpha value is -2.21. The number of carbonyl (C=O) groups excluding carboxylic acids is 1. The third-order valence-electron chi connectivity index (χ3n) is 2.71. The second kappa shape index (κ2) is 4.81. The van der Waals surface area contributed by atoms with Crippen LogP contribution in [-0.4, -0.2) is 16.1 Å². The molecule has 3 rings (SSSR count). The van der Waals surface area contributed by atoms with Crippen molar-refractivity contribution in [3.63, 3.8) is 0 Å². The molecule has 0 aliphatic rings. The SMILES string of the molecule is O=C(NCc1cn[nH]c1)c1cc2ccc(F)cc2s1. The second-order valence-corrected chi connectivity index (χ2v) is 5.17. The molecule has 0 saturated heterocycles. The molecule has 0 fully saturated rings. The van der Waals surface area contributed by atoms with Crippen LogP contribution in [0.2, 0.25) is 0 Å². The fourth-order valence-electron chi connectivity index (χ4n) is 1.76. The largest absolute Gasteiger partial charge is 0.347 e. The Morgan fingerprint density at radius 3 is 3.11 bits per heavy atom. The number of halogens is 1. The molecule has 19 heavy (non-hydrogen) atoms. The molecule has 2 heterocycles. The Kier molecular flexibility index (Phi) is 3.00. The number of hydrogen-bond acceptors (Lipinski definition) is 3. The zero-order valence-corrected chi connectivity index (χ0v) is 10.6. The predicted octanol–water partition coefficient (Wildman–Crippen LogP) is 2.69. The molecule has 0 bridgehead atoms. The van der Waals surface area contributed by atoms with Gasteiger partial charge in [-0.2, -0.15) is 5.10 Å². The molecule has 6 heteroatoms. The summed E-state index contributed by atoms with van der Waals surface area (Å²) in [4.78, 5) is 12.5. The number of fused-ring (bicyclic) bond motifs is 1. The van der Waals surface area contributed by atoms with Crippen molar-refractivity contribution >= 4 is 27.3 Å². The van der Waals surface area contributed by atoms with E-state index in [2.05, 4.69) is 15.5 Å². The average Bonchev–Trinajstić information content (AvgIpc) is 3.04. The van der Waals surface area contributed by atoms with Crippen molar-refractivity contribution < 1.29 is 9.18 Å². The first-order chi connectivity index (χ1) is 9.22. The molecular weight excluding hydrogens is 265 g/mol. The van der Waals surface area contributed by atoms with Crippen molar-refractivity contribution in [2.24, 2.45) is 0 Å². The lowest BCUT2D eigenvalue weighted by atomic mass is 10.2. The summed E-state index contributed by atoms with van der Waals surface area (Å²) < 4.78 is 13.8. The van der Waals surface area contributed by atoms with Crippen molar-refractivity contribution in [3.8, 4) is 0 Å². The third kappa shape index (κ3) is 2.48. The maximum atomic E-state index is 13.1. The van der Waals surface area contributed by atoms with Gasteiger partial charge >= 0.3 is 0 Å². The number of benzene rings is 1. The molecule has 0 radical (unpaired) electrons. The van der Waals surface area contributed by atoms with Gasteiger partial charge in [0.25, 0.3) is 5.91 Å². The summed E-state index contributed by atoms with van der Waals surface area (Å²) in [5.74, 6) is -0.456. The molecule has 0 aliphatic carbocycles. The summed E-state index contributed by atoms with van der Waals surface area (Å²) in [5, 5.41) is 10.2. The minimum absolute atomic E-state index is 0.164. The smallest absolute Gasteiger partial charge is 0.261 e. The second-order valence-electron chi connectivity index (χ2n) is 4.08. The number of rotatable bonds is 3. The average molecular weight is 275 g/mol. The highest BCUT2D eigenvalue weighted by atomic mass is 32.1.